The predicted octanol–water partition coefficient (Wildman–Crippen LogP) is 2.69. The average Bonchev–Trinajstić information content (AvgIpc) is 2.74. The van der Waals surface area contributed by atoms with E-state index >= 15 is 0 Å². The van der Waals surface area contributed by atoms with Gasteiger partial charge >= 0.3 is 0 Å². The molecule has 6 heteroatoms. The lowest BCUT2D eigenvalue weighted by Crippen LogP contribution is -2.34. The number of ether oxygens (including phenoxy) is 1. The van der Waals surface area contributed by atoms with Crippen LogP contribution in [0.25, 0.3) is 0 Å². The fraction of sp³-hybridized carbons (Fsp3) is 0.533. The Bertz CT molecular complexity index is 420. The quantitative estimate of drug-likeness (QED) is 0.584. The van der Waals surface area contributed by atoms with E-state index in [4.69, 9.17) is 4.74 Å². The Morgan fingerprint density at radius 3 is 2.76 bits per heavy atom. The highest BCUT2D eigenvalue weighted by Crippen LogP contribution is 2.14. The lowest BCUT2D eigenvalue weighted by Gasteiger charge is -2.19. The molecule has 0 saturated carbocycles. The summed E-state index contributed by atoms with van der Waals surface area (Å²) in [5.74, 6) is 1.12. The van der Waals surface area contributed by atoms with Crippen molar-refractivity contribution in [2.45, 2.75) is 19.3 Å². The highest BCUT2D eigenvalue weighted by atomic mass is 127. The fourth-order valence-electron chi connectivity index (χ4n) is 2.20. The van der Waals surface area contributed by atoms with Gasteiger partial charge in [-0.2, -0.15) is 0 Å². The number of hydrogen-bond acceptors (Lipinski definition) is 3. The van der Waals surface area contributed by atoms with Gasteiger partial charge in [0.05, 0.1) is 6.61 Å². The molecule has 2 rings (SSSR count). The van der Waals surface area contributed by atoms with Gasteiger partial charge in [0.15, 0.2) is 0 Å². The molecule has 1 saturated heterocycles. The highest BCUT2D eigenvalue weighted by Gasteiger charge is 2.14. The molecule has 0 unspecified atom stereocenters. The maximum absolute atomic E-state index is 12.0. The van der Waals surface area contributed by atoms with Gasteiger partial charge in [-0.05, 0) is 66.2 Å². The van der Waals surface area contributed by atoms with Gasteiger partial charge in [-0.1, -0.05) is 0 Å². The van der Waals surface area contributed by atoms with E-state index in [-0.39, 0.29) is 18.3 Å². The number of nitrogens with one attached hydrogen (secondary N) is 1. The maximum atomic E-state index is 12.0. The summed E-state index contributed by atoms with van der Waals surface area (Å²) in [5.41, 5.74) is 0. The lowest BCUT2D eigenvalue weighted by atomic mass is 10.2. The molecule has 0 spiro atoms. The third-order valence-corrected chi connectivity index (χ3v) is 4.03. The molecule has 118 valence electrons. The Balaban J connectivity index is 0.00000220. The zero-order valence-corrected chi connectivity index (χ0v) is 15.0. The van der Waals surface area contributed by atoms with Crippen LogP contribution in [-0.2, 0) is 4.79 Å². The van der Waals surface area contributed by atoms with Gasteiger partial charge in [-0.3, -0.25) is 4.79 Å². The van der Waals surface area contributed by atoms with Crippen molar-refractivity contribution in [3.05, 3.63) is 27.8 Å². The Hall–Kier alpha value is -0.530. The van der Waals surface area contributed by atoms with Gasteiger partial charge in [0.1, 0.15) is 5.75 Å². The number of carbonyl (C=O) groups excluding carboxylic acids is 1. The predicted molar refractivity (Wildman–Crippen MR) is 95.2 cm³/mol. The number of amides is 1. The smallest absolute Gasteiger partial charge is 0.222 e. The summed E-state index contributed by atoms with van der Waals surface area (Å²) in [7, 11) is 0. The van der Waals surface area contributed by atoms with Crippen LogP contribution in [0.3, 0.4) is 0 Å². The van der Waals surface area contributed by atoms with E-state index in [9.17, 15) is 4.79 Å². The summed E-state index contributed by atoms with van der Waals surface area (Å²) in [6.07, 6.45) is 2.39. The van der Waals surface area contributed by atoms with Gasteiger partial charge in [0.25, 0.3) is 0 Å². The molecule has 1 aliphatic heterocycles. The lowest BCUT2D eigenvalue weighted by molar-refractivity contribution is -0.131. The average molecular weight is 425 g/mol. The molecule has 1 amide bonds. The second-order valence-corrected chi connectivity index (χ2v) is 6.14. The van der Waals surface area contributed by atoms with Crippen LogP contribution < -0.4 is 10.1 Å². The van der Waals surface area contributed by atoms with Crippen molar-refractivity contribution in [1.29, 1.82) is 0 Å². The first kappa shape index (κ1) is 18.5. The zero-order chi connectivity index (χ0) is 14.2. The second kappa shape index (κ2) is 10.2. The van der Waals surface area contributed by atoms with Crippen molar-refractivity contribution >= 4 is 40.9 Å². The van der Waals surface area contributed by atoms with Gasteiger partial charge in [0, 0.05) is 29.6 Å². The summed E-state index contributed by atoms with van der Waals surface area (Å²) >= 11 is 2.27. The van der Waals surface area contributed by atoms with Crippen LogP contribution in [0.4, 0.5) is 0 Å². The maximum Gasteiger partial charge on any atom is 0.222 e. The van der Waals surface area contributed by atoms with Gasteiger partial charge < -0.3 is 15.0 Å². The molecule has 1 aliphatic rings. The van der Waals surface area contributed by atoms with Crippen molar-refractivity contribution in [2.24, 2.45) is 0 Å². The third kappa shape index (κ3) is 6.84. The Morgan fingerprint density at radius 1 is 1.24 bits per heavy atom. The molecule has 0 aliphatic carbocycles. The van der Waals surface area contributed by atoms with Crippen LogP contribution in [-0.4, -0.2) is 43.6 Å². The summed E-state index contributed by atoms with van der Waals surface area (Å²) in [5, 5.41) is 3.31. The molecular weight excluding hydrogens is 403 g/mol. The molecule has 21 heavy (non-hydrogen) atoms. The SMILES string of the molecule is Cl.O=C(CCCOc1ccc(I)cc1)N1CCCNCC1. The zero-order valence-electron chi connectivity index (χ0n) is 12.0. The fourth-order valence-corrected chi connectivity index (χ4v) is 2.56. The molecular formula is C15H22ClIN2O2. The van der Waals surface area contributed by atoms with Crippen molar-refractivity contribution in [1.82, 2.24) is 10.2 Å². The van der Waals surface area contributed by atoms with Crippen LogP contribution in [0.15, 0.2) is 24.3 Å². The topological polar surface area (TPSA) is 41.6 Å². The van der Waals surface area contributed by atoms with E-state index in [1.54, 1.807) is 0 Å². The van der Waals surface area contributed by atoms with E-state index < -0.39 is 0 Å². The largest absolute Gasteiger partial charge is 0.494 e. The summed E-state index contributed by atoms with van der Waals surface area (Å²) in [4.78, 5) is 14.0. The normalized spacial score (nSPS) is 15.0. The van der Waals surface area contributed by atoms with E-state index in [0.29, 0.717) is 13.0 Å². The van der Waals surface area contributed by atoms with Crippen molar-refractivity contribution < 1.29 is 9.53 Å². The molecule has 1 aromatic carbocycles. The molecule has 0 radical (unpaired) electrons. The van der Waals surface area contributed by atoms with Crippen molar-refractivity contribution in [2.75, 3.05) is 32.8 Å². The van der Waals surface area contributed by atoms with Gasteiger partial charge in [0.2, 0.25) is 5.91 Å². The number of rotatable bonds is 5. The number of hydrogen-bond donors (Lipinski definition) is 1. The second-order valence-electron chi connectivity index (χ2n) is 4.89. The van der Waals surface area contributed by atoms with E-state index in [0.717, 1.165) is 44.8 Å². The van der Waals surface area contributed by atoms with Crippen LogP contribution in [0.1, 0.15) is 19.3 Å². The van der Waals surface area contributed by atoms with Crippen molar-refractivity contribution in [3.8, 4) is 5.75 Å². The molecule has 1 fully saturated rings. The Kier molecular flexibility index (Phi) is 9.03. The Morgan fingerprint density at radius 2 is 2.00 bits per heavy atom. The molecule has 0 bridgehead atoms. The minimum absolute atomic E-state index is 0. The van der Waals surface area contributed by atoms with Gasteiger partial charge in [-0.15, -0.1) is 12.4 Å². The minimum atomic E-state index is 0. The molecule has 4 nitrogen and oxygen atoms in total. The minimum Gasteiger partial charge on any atom is -0.494 e. The van der Waals surface area contributed by atoms with E-state index in [2.05, 4.69) is 27.9 Å². The molecule has 1 heterocycles. The summed E-state index contributed by atoms with van der Waals surface area (Å²) in [6.45, 7) is 4.23. The van der Waals surface area contributed by atoms with Crippen molar-refractivity contribution in [3.63, 3.8) is 0 Å². The first-order chi connectivity index (χ1) is 9.75. The first-order valence-electron chi connectivity index (χ1n) is 7.12. The molecule has 0 aromatic heterocycles. The van der Waals surface area contributed by atoms with E-state index in [1.807, 2.05) is 29.2 Å². The summed E-state index contributed by atoms with van der Waals surface area (Å²) in [6, 6.07) is 7.96. The monoisotopic (exact) mass is 424 g/mol. The van der Waals surface area contributed by atoms with E-state index in [1.165, 1.54) is 3.57 Å². The third-order valence-electron chi connectivity index (χ3n) is 3.31. The van der Waals surface area contributed by atoms with Crippen LogP contribution >= 0.6 is 35.0 Å². The van der Waals surface area contributed by atoms with Gasteiger partial charge in [-0.25, -0.2) is 0 Å². The molecule has 1 N–H and O–H groups in total. The first-order valence-corrected chi connectivity index (χ1v) is 8.20. The number of carbonyl (C=O) groups is 1. The van der Waals surface area contributed by atoms with Crippen LogP contribution in [0, 0.1) is 3.57 Å². The number of halogens is 2. The summed E-state index contributed by atoms with van der Waals surface area (Å²) < 4.78 is 6.83. The number of benzene rings is 1. The highest BCUT2D eigenvalue weighted by molar-refractivity contribution is 14.1. The molecule has 1 aromatic rings. The molecule has 0 atom stereocenters. The van der Waals surface area contributed by atoms with Crippen LogP contribution in [0.5, 0.6) is 5.75 Å². The Labute approximate surface area is 146 Å². The number of nitrogens with zero attached hydrogens (tertiary/aromatic N) is 1. The van der Waals surface area contributed by atoms with Crippen LogP contribution in [0.2, 0.25) is 0 Å². The standard InChI is InChI=1S/C15H21IN2O2.ClH/c16-13-4-6-14(7-5-13)20-12-1-3-15(19)18-10-2-8-17-9-11-18;/h4-7,17H,1-3,8-12H2;1H.